The van der Waals surface area contributed by atoms with Gasteiger partial charge in [0.25, 0.3) is 11.6 Å². The minimum atomic E-state index is -0.517. The van der Waals surface area contributed by atoms with Crippen molar-refractivity contribution < 1.29 is 14.5 Å². The summed E-state index contributed by atoms with van der Waals surface area (Å²) < 4.78 is 0. The summed E-state index contributed by atoms with van der Waals surface area (Å²) in [5, 5.41) is 17.7. The Balaban J connectivity index is 1.44. The van der Waals surface area contributed by atoms with Gasteiger partial charge in [-0.15, -0.1) is 11.3 Å². The van der Waals surface area contributed by atoms with Crippen molar-refractivity contribution >= 4 is 45.6 Å². The Morgan fingerprint density at radius 2 is 1.91 bits per heavy atom. The summed E-state index contributed by atoms with van der Waals surface area (Å²) in [6.07, 6.45) is 5.02. The number of rotatable bonds is 8. The highest BCUT2D eigenvalue weighted by Gasteiger charge is 2.26. The highest BCUT2D eigenvalue weighted by Crippen LogP contribution is 2.38. The quantitative estimate of drug-likeness (QED) is 0.276. The number of nitrogens with one attached hydrogen (secondary N) is 2. The number of fused-ring (bicyclic) bond motifs is 1. The van der Waals surface area contributed by atoms with Crippen molar-refractivity contribution in [3.63, 3.8) is 0 Å². The molecule has 3 aromatic rings. The zero-order valence-corrected chi connectivity index (χ0v) is 19.3. The fourth-order valence-corrected chi connectivity index (χ4v) is 5.57. The van der Waals surface area contributed by atoms with Gasteiger partial charge in [0.05, 0.1) is 21.3 Å². The first-order valence-corrected chi connectivity index (χ1v) is 12.3. The maximum absolute atomic E-state index is 13.1. The van der Waals surface area contributed by atoms with Gasteiger partial charge in [-0.25, -0.2) is 4.98 Å². The molecule has 1 aliphatic rings. The molecular formula is C23H22N4O4S2. The van der Waals surface area contributed by atoms with Crippen LogP contribution in [0.5, 0.6) is 0 Å². The van der Waals surface area contributed by atoms with Gasteiger partial charge in [-0.1, -0.05) is 42.1 Å². The zero-order valence-electron chi connectivity index (χ0n) is 17.7. The first-order chi connectivity index (χ1) is 16.0. The molecule has 0 saturated heterocycles. The predicted octanol–water partition coefficient (Wildman–Crippen LogP) is 4.59. The Kier molecular flexibility index (Phi) is 7.36. The van der Waals surface area contributed by atoms with E-state index in [0.29, 0.717) is 22.1 Å². The van der Waals surface area contributed by atoms with Crippen LogP contribution in [-0.2, 0) is 24.2 Å². The Morgan fingerprint density at radius 3 is 2.64 bits per heavy atom. The van der Waals surface area contributed by atoms with Gasteiger partial charge in [0, 0.05) is 17.5 Å². The van der Waals surface area contributed by atoms with Crippen LogP contribution in [0.1, 0.15) is 39.2 Å². The number of amides is 2. The summed E-state index contributed by atoms with van der Waals surface area (Å²) >= 11 is 2.66. The molecule has 0 radical (unpaired) electrons. The van der Waals surface area contributed by atoms with E-state index in [9.17, 15) is 19.7 Å². The number of hydrogen-bond acceptors (Lipinski definition) is 7. The van der Waals surface area contributed by atoms with E-state index in [1.54, 1.807) is 0 Å². The molecule has 1 aromatic carbocycles. The highest BCUT2D eigenvalue weighted by molar-refractivity contribution is 7.99. The second-order valence-corrected chi connectivity index (χ2v) is 9.63. The van der Waals surface area contributed by atoms with Gasteiger partial charge in [0.2, 0.25) is 5.91 Å². The van der Waals surface area contributed by atoms with Crippen LogP contribution < -0.4 is 10.6 Å². The molecule has 33 heavy (non-hydrogen) atoms. The van der Waals surface area contributed by atoms with Crippen LogP contribution >= 0.6 is 23.1 Å². The lowest BCUT2D eigenvalue weighted by atomic mass is 9.95. The van der Waals surface area contributed by atoms with E-state index in [1.807, 2.05) is 30.3 Å². The fourth-order valence-electron chi connectivity index (χ4n) is 3.63. The number of thioether (sulfide) groups is 1. The van der Waals surface area contributed by atoms with E-state index in [2.05, 4.69) is 15.6 Å². The normalized spacial score (nSPS) is 12.6. The smallest absolute Gasteiger partial charge is 0.287 e. The number of anilines is 1. The molecule has 0 saturated carbocycles. The summed E-state index contributed by atoms with van der Waals surface area (Å²) in [6.45, 7) is 0.416. The molecular weight excluding hydrogens is 460 g/mol. The average molecular weight is 483 g/mol. The molecule has 0 unspecified atom stereocenters. The molecule has 2 heterocycles. The molecule has 2 amide bonds. The third-order valence-corrected chi connectivity index (χ3v) is 7.38. The van der Waals surface area contributed by atoms with Gasteiger partial charge >= 0.3 is 0 Å². The summed E-state index contributed by atoms with van der Waals surface area (Å²) in [5.41, 5.74) is 2.51. The van der Waals surface area contributed by atoms with Crippen molar-refractivity contribution in [1.29, 1.82) is 0 Å². The topological polar surface area (TPSA) is 114 Å². The third kappa shape index (κ3) is 5.77. The van der Waals surface area contributed by atoms with Crippen molar-refractivity contribution in [1.82, 2.24) is 10.3 Å². The van der Waals surface area contributed by atoms with Crippen molar-refractivity contribution in [3.8, 4) is 0 Å². The largest absolute Gasteiger partial charge is 0.348 e. The van der Waals surface area contributed by atoms with Crippen LogP contribution in [0.15, 0.2) is 53.7 Å². The van der Waals surface area contributed by atoms with E-state index in [1.165, 1.54) is 41.4 Å². The molecule has 170 valence electrons. The van der Waals surface area contributed by atoms with Crippen molar-refractivity contribution in [2.45, 2.75) is 37.3 Å². The van der Waals surface area contributed by atoms with Crippen LogP contribution in [0.4, 0.5) is 10.7 Å². The standard InChI is InChI=1S/C23H22N4O4S2/c28-19(14-32-20-11-10-16(13-24-20)27(30)31)26-23-21(17-8-4-5-9-18(17)33-23)22(29)25-12-15-6-2-1-3-7-15/h1-3,6-7,10-11,13H,4-5,8-9,12,14H2,(H,25,29)(H,26,28). The van der Waals surface area contributed by atoms with Gasteiger partial charge in [0.15, 0.2) is 0 Å². The fraction of sp³-hybridized carbons (Fsp3) is 0.261. The molecule has 4 rings (SSSR count). The van der Waals surface area contributed by atoms with Gasteiger partial charge in [-0.3, -0.25) is 19.7 Å². The average Bonchev–Trinajstić information content (AvgIpc) is 3.20. The number of pyridine rings is 1. The summed E-state index contributed by atoms with van der Waals surface area (Å²) in [4.78, 5) is 41.1. The number of carbonyl (C=O) groups excluding carboxylic acids is 2. The zero-order chi connectivity index (χ0) is 23.2. The number of aromatic nitrogens is 1. The third-order valence-electron chi connectivity index (χ3n) is 5.23. The molecule has 0 bridgehead atoms. The number of hydrogen-bond donors (Lipinski definition) is 2. The highest BCUT2D eigenvalue weighted by atomic mass is 32.2. The van der Waals surface area contributed by atoms with Crippen LogP contribution in [-0.4, -0.2) is 27.5 Å². The molecule has 8 nitrogen and oxygen atoms in total. The molecule has 0 spiro atoms. The van der Waals surface area contributed by atoms with Crippen molar-refractivity contribution in [3.05, 3.63) is 80.3 Å². The van der Waals surface area contributed by atoms with Crippen LogP contribution in [0.25, 0.3) is 0 Å². The molecule has 2 aromatic heterocycles. The first kappa shape index (κ1) is 22.9. The van der Waals surface area contributed by atoms with Crippen molar-refractivity contribution in [2.24, 2.45) is 0 Å². The molecule has 0 fully saturated rings. The van der Waals surface area contributed by atoms with Crippen LogP contribution in [0, 0.1) is 10.1 Å². The lowest BCUT2D eigenvalue weighted by molar-refractivity contribution is -0.385. The van der Waals surface area contributed by atoms with Gasteiger partial charge in [-0.2, -0.15) is 0 Å². The Bertz CT molecular complexity index is 1160. The maximum Gasteiger partial charge on any atom is 0.287 e. The first-order valence-electron chi connectivity index (χ1n) is 10.5. The molecule has 0 aliphatic heterocycles. The summed E-state index contributed by atoms with van der Waals surface area (Å²) in [5.74, 6) is -0.354. The lowest BCUT2D eigenvalue weighted by Crippen LogP contribution is -2.25. The van der Waals surface area contributed by atoms with E-state index in [4.69, 9.17) is 0 Å². The minimum absolute atomic E-state index is 0.0818. The maximum atomic E-state index is 13.1. The minimum Gasteiger partial charge on any atom is -0.348 e. The summed E-state index contributed by atoms with van der Waals surface area (Å²) in [7, 11) is 0. The number of benzene rings is 1. The van der Waals surface area contributed by atoms with Gasteiger partial charge in [-0.05, 0) is 42.9 Å². The van der Waals surface area contributed by atoms with Crippen LogP contribution in [0.2, 0.25) is 0 Å². The van der Waals surface area contributed by atoms with Gasteiger partial charge in [0.1, 0.15) is 11.2 Å². The number of nitro groups is 1. The van der Waals surface area contributed by atoms with Crippen LogP contribution in [0.3, 0.4) is 0 Å². The molecule has 2 N–H and O–H groups in total. The van der Waals surface area contributed by atoms with E-state index in [0.717, 1.165) is 41.7 Å². The SMILES string of the molecule is O=C(CSc1ccc([N+](=O)[O-])cn1)Nc1sc2c(c1C(=O)NCc1ccccc1)CCCC2. The van der Waals surface area contributed by atoms with Crippen molar-refractivity contribution in [2.75, 3.05) is 11.1 Å². The second kappa shape index (κ2) is 10.6. The Hall–Kier alpha value is -3.24. The number of thiophene rings is 1. The Morgan fingerprint density at radius 1 is 1.12 bits per heavy atom. The molecule has 0 atom stereocenters. The number of aryl methyl sites for hydroxylation is 1. The van der Waals surface area contributed by atoms with Gasteiger partial charge < -0.3 is 10.6 Å². The monoisotopic (exact) mass is 482 g/mol. The number of carbonyl (C=O) groups is 2. The van der Waals surface area contributed by atoms with E-state index >= 15 is 0 Å². The molecule has 10 heteroatoms. The van der Waals surface area contributed by atoms with E-state index in [-0.39, 0.29) is 23.3 Å². The number of nitrogens with zero attached hydrogens (tertiary/aromatic N) is 2. The Labute approximate surface area is 199 Å². The second-order valence-electron chi connectivity index (χ2n) is 7.53. The molecule has 1 aliphatic carbocycles. The van der Waals surface area contributed by atoms with E-state index < -0.39 is 4.92 Å². The summed E-state index contributed by atoms with van der Waals surface area (Å²) in [6, 6.07) is 12.6. The lowest BCUT2D eigenvalue weighted by Gasteiger charge is -2.13. The predicted molar refractivity (Wildman–Crippen MR) is 129 cm³/mol.